The molecule has 0 radical (unpaired) electrons. The van der Waals surface area contributed by atoms with E-state index in [9.17, 15) is 4.79 Å². The molecule has 1 aliphatic heterocycles. The van der Waals surface area contributed by atoms with Crippen molar-refractivity contribution < 1.29 is 9.53 Å². The highest BCUT2D eigenvalue weighted by atomic mass is 79.9. The molecule has 1 amide bonds. The first-order valence-corrected chi connectivity index (χ1v) is 5.31. The van der Waals surface area contributed by atoms with Crippen LogP contribution in [0.2, 0.25) is 0 Å². The zero-order valence-electron chi connectivity index (χ0n) is 7.25. The van der Waals surface area contributed by atoms with Gasteiger partial charge >= 0.3 is 0 Å². The molecule has 1 heterocycles. The molecule has 0 aromatic rings. The molecule has 1 saturated heterocycles. The fourth-order valence-corrected chi connectivity index (χ4v) is 1.66. The van der Waals surface area contributed by atoms with Crippen molar-refractivity contribution >= 4 is 21.8 Å². The molecule has 4 heteroatoms. The first-order valence-electron chi connectivity index (χ1n) is 4.19. The van der Waals surface area contributed by atoms with E-state index in [2.05, 4.69) is 15.9 Å². The predicted octanol–water partition coefficient (Wildman–Crippen LogP) is 1.02. The summed E-state index contributed by atoms with van der Waals surface area (Å²) in [6.07, 6.45) is 0.588. The molecule has 1 aliphatic rings. The quantitative estimate of drug-likeness (QED) is 0.670. The molecule has 0 N–H and O–H groups in total. The van der Waals surface area contributed by atoms with Gasteiger partial charge in [0.15, 0.2) is 0 Å². The minimum Gasteiger partial charge on any atom is -0.377 e. The summed E-state index contributed by atoms with van der Waals surface area (Å²) in [5, 5.41) is 0.746. The molecule has 70 valence electrons. The summed E-state index contributed by atoms with van der Waals surface area (Å²) in [6, 6.07) is 0.241. The number of nitrogens with zero attached hydrogens (tertiary/aromatic N) is 1. The Balaban J connectivity index is 2.42. The van der Waals surface area contributed by atoms with Gasteiger partial charge < -0.3 is 9.64 Å². The van der Waals surface area contributed by atoms with E-state index in [1.807, 2.05) is 11.8 Å². The van der Waals surface area contributed by atoms with Crippen LogP contribution in [0.1, 0.15) is 13.3 Å². The van der Waals surface area contributed by atoms with Crippen molar-refractivity contribution in [2.24, 2.45) is 0 Å². The summed E-state index contributed by atoms with van der Waals surface area (Å²) in [5.74, 6) is 0.225. The van der Waals surface area contributed by atoms with Crippen LogP contribution in [0, 0.1) is 0 Å². The van der Waals surface area contributed by atoms with Crippen molar-refractivity contribution in [3.8, 4) is 0 Å². The number of morpholine rings is 1. The summed E-state index contributed by atoms with van der Waals surface area (Å²) < 4.78 is 5.23. The SMILES string of the molecule is C[C@@H]1COCCN1C(=O)CCBr. The lowest BCUT2D eigenvalue weighted by Crippen LogP contribution is -2.47. The van der Waals surface area contributed by atoms with Crippen LogP contribution in [0.25, 0.3) is 0 Å². The molecule has 1 rings (SSSR count). The topological polar surface area (TPSA) is 29.5 Å². The third-order valence-electron chi connectivity index (χ3n) is 2.00. The van der Waals surface area contributed by atoms with Crippen LogP contribution in [-0.4, -0.2) is 41.9 Å². The maximum atomic E-state index is 11.4. The standard InChI is InChI=1S/C8H14BrNO2/c1-7-6-12-5-4-10(7)8(11)2-3-9/h7H,2-6H2,1H3/t7-/m1/s1. The lowest BCUT2D eigenvalue weighted by molar-refractivity contribution is -0.138. The normalized spacial score (nSPS) is 24.2. The van der Waals surface area contributed by atoms with Gasteiger partial charge in [-0.2, -0.15) is 0 Å². The van der Waals surface area contributed by atoms with Gasteiger partial charge in [0.25, 0.3) is 0 Å². The van der Waals surface area contributed by atoms with Crippen LogP contribution in [0.15, 0.2) is 0 Å². The van der Waals surface area contributed by atoms with E-state index in [1.54, 1.807) is 0 Å². The first-order chi connectivity index (χ1) is 5.75. The van der Waals surface area contributed by atoms with E-state index in [4.69, 9.17) is 4.74 Å². The molecular weight excluding hydrogens is 222 g/mol. The van der Waals surface area contributed by atoms with Gasteiger partial charge in [-0.25, -0.2) is 0 Å². The average molecular weight is 236 g/mol. The Labute approximate surface area is 81.2 Å². The smallest absolute Gasteiger partial charge is 0.223 e. The van der Waals surface area contributed by atoms with Gasteiger partial charge in [-0.15, -0.1) is 0 Å². The van der Waals surface area contributed by atoms with Crippen molar-refractivity contribution in [1.29, 1.82) is 0 Å². The first kappa shape index (κ1) is 9.99. The fraction of sp³-hybridized carbons (Fsp3) is 0.875. The van der Waals surface area contributed by atoms with Crippen LogP contribution < -0.4 is 0 Å². The number of hydrogen-bond acceptors (Lipinski definition) is 2. The highest BCUT2D eigenvalue weighted by Gasteiger charge is 2.22. The second-order valence-electron chi connectivity index (χ2n) is 2.95. The molecular formula is C8H14BrNO2. The van der Waals surface area contributed by atoms with E-state index in [-0.39, 0.29) is 11.9 Å². The second-order valence-corrected chi connectivity index (χ2v) is 3.74. The van der Waals surface area contributed by atoms with Crippen LogP contribution in [0.3, 0.4) is 0 Å². The molecule has 0 aromatic carbocycles. The minimum atomic E-state index is 0.225. The van der Waals surface area contributed by atoms with Gasteiger partial charge in [-0.05, 0) is 6.92 Å². The zero-order chi connectivity index (χ0) is 8.97. The summed E-state index contributed by atoms with van der Waals surface area (Å²) >= 11 is 3.26. The van der Waals surface area contributed by atoms with Crippen molar-refractivity contribution in [3.05, 3.63) is 0 Å². The Bertz CT molecular complexity index is 163. The number of amides is 1. The van der Waals surface area contributed by atoms with Crippen molar-refractivity contribution in [2.45, 2.75) is 19.4 Å². The predicted molar refractivity (Wildman–Crippen MR) is 50.4 cm³/mol. The van der Waals surface area contributed by atoms with Crippen LogP contribution in [-0.2, 0) is 9.53 Å². The minimum absolute atomic E-state index is 0.225. The molecule has 0 saturated carbocycles. The average Bonchev–Trinajstić information content (AvgIpc) is 2.05. The number of alkyl halides is 1. The molecule has 0 spiro atoms. The van der Waals surface area contributed by atoms with Gasteiger partial charge in [0, 0.05) is 18.3 Å². The summed E-state index contributed by atoms with van der Waals surface area (Å²) in [5.41, 5.74) is 0. The molecule has 3 nitrogen and oxygen atoms in total. The number of ether oxygens (including phenoxy) is 1. The molecule has 1 fully saturated rings. The monoisotopic (exact) mass is 235 g/mol. The third kappa shape index (κ3) is 2.45. The van der Waals surface area contributed by atoms with E-state index >= 15 is 0 Å². The number of rotatable bonds is 2. The highest BCUT2D eigenvalue weighted by molar-refractivity contribution is 9.09. The summed E-state index contributed by atoms with van der Waals surface area (Å²) in [4.78, 5) is 13.3. The van der Waals surface area contributed by atoms with E-state index in [1.165, 1.54) is 0 Å². The Hall–Kier alpha value is -0.0900. The van der Waals surface area contributed by atoms with Gasteiger partial charge in [-0.1, -0.05) is 15.9 Å². The molecule has 0 aliphatic carbocycles. The maximum absolute atomic E-state index is 11.4. The van der Waals surface area contributed by atoms with Gasteiger partial charge in [0.05, 0.1) is 19.3 Å². The van der Waals surface area contributed by atoms with Gasteiger partial charge in [0.2, 0.25) is 5.91 Å². The molecule has 0 bridgehead atoms. The van der Waals surface area contributed by atoms with Crippen LogP contribution in [0.4, 0.5) is 0 Å². The Morgan fingerprint density at radius 2 is 2.50 bits per heavy atom. The van der Waals surface area contributed by atoms with Crippen molar-refractivity contribution in [3.63, 3.8) is 0 Å². The molecule has 0 aromatic heterocycles. The molecule has 0 unspecified atom stereocenters. The van der Waals surface area contributed by atoms with Crippen molar-refractivity contribution in [2.75, 3.05) is 25.1 Å². The molecule has 12 heavy (non-hydrogen) atoms. The van der Waals surface area contributed by atoms with Gasteiger partial charge in [-0.3, -0.25) is 4.79 Å². The Kier molecular flexibility index (Phi) is 4.01. The largest absolute Gasteiger partial charge is 0.377 e. The maximum Gasteiger partial charge on any atom is 0.223 e. The lowest BCUT2D eigenvalue weighted by Gasteiger charge is -2.33. The summed E-state index contributed by atoms with van der Waals surface area (Å²) in [7, 11) is 0. The highest BCUT2D eigenvalue weighted by Crippen LogP contribution is 2.08. The van der Waals surface area contributed by atoms with E-state index in [0.717, 1.165) is 11.9 Å². The van der Waals surface area contributed by atoms with Crippen LogP contribution in [0.5, 0.6) is 0 Å². The Morgan fingerprint density at radius 3 is 3.08 bits per heavy atom. The number of hydrogen-bond donors (Lipinski definition) is 0. The summed E-state index contributed by atoms with van der Waals surface area (Å²) in [6.45, 7) is 4.12. The van der Waals surface area contributed by atoms with Crippen LogP contribution >= 0.6 is 15.9 Å². The van der Waals surface area contributed by atoms with Gasteiger partial charge in [0.1, 0.15) is 0 Å². The van der Waals surface area contributed by atoms with E-state index in [0.29, 0.717) is 19.6 Å². The molecule has 1 atom stereocenters. The zero-order valence-corrected chi connectivity index (χ0v) is 8.84. The second kappa shape index (κ2) is 4.82. The Morgan fingerprint density at radius 1 is 1.75 bits per heavy atom. The number of halogens is 1. The van der Waals surface area contributed by atoms with E-state index < -0.39 is 0 Å². The lowest BCUT2D eigenvalue weighted by atomic mass is 10.2. The number of carbonyl (C=O) groups excluding carboxylic acids is 1. The fourth-order valence-electron chi connectivity index (χ4n) is 1.32. The third-order valence-corrected chi connectivity index (χ3v) is 2.39. The van der Waals surface area contributed by atoms with Crippen molar-refractivity contribution in [1.82, 2.24) is 4.90 Å². The number of carbonyl (C=O) groups is 1.